The molecular formula is C27H34N4O3. The second-order valence-electron chi connectivity index (χ2n) is 9.93. The molecule has 3 aromatic rings. The molecule has 0 unspecified atom stereocenters. The van der Waals surface area contributed by atoms with E-state index in [1.165, 1.54) is 6.42 Å². The molecule has 2 amide bonds. The Morgan fingerprint density at radius 1 is 1.18 bits per heavy atom. The van der Waals surface area contributed by atoms with Gasteiger partial charge in [0.15, 0.2) is 0 Å². The number of rotatable bonds is 6. The second-order valence-corrected chi connectivity index (χ2v) is 9.93. The molecule has 1 N–H and O–H groups in total. The summed E-state index contributed by atoms with van der Waals surface area (Å²) in [7, 11) is 1.62. The molecule has 180 valence electrons. The van der Waals surface area contributed by atoms with Crippen molar-refractivity contribution >= 4 is 22.7 Å². The number of aromatic nitrogens is 2. The van der Waals surface area contributed by atoms with Crippen LogP contribution in [0.4, 0.5) is 0 Å². The van der Waals surface area contributed by atoms with Gasteiger partial charge in [0, 0.05) is 37.5 Å². The normalized spacial score (nSPS) is 21.1. The van der Waals surface area contributed by atoms with Crippen LogP contribution in [0.15, 0.2) is 42.7 Å². The van der Waals surface area contributed by atoms with Crippen molar-refractivity contribution in [3.63, 3.8) is 0 Å². The average molecular weight is 463 g/mol. The fraction of sp³-hybridized carbons (Fsp3) is 0.481. The summed E-state index contributed by atoms with van der Waals surface area (Å²) >= 11 is 0. The Kier molecular flexibility index (Phi) is 5.98. The number of carbonyl (C=O) groups is 2. The van der Waals surface area contributed by atoms with Crippen molar-refractivity contribution in [3.8, 4) is 5.69 Å². The van der Waals surface area contributed by atoms with E-state index >= 15 is 0 Å². The number of hydrogen-bond donors (Lipinski definition) is 1. The van der Waals surface area contributed by atoms with E-state index in [4.69, 9.17) is 4.74 Å². The summed E-state index contributed by atoms with van der Waals surface area (Å²) in [6.45, 7) is 5.09. The van der Waals surface area contributed by atoms with E-state index in [0.29, 0.717) is 25.4 Å². The highest BCUT2D eigenvalue weighted by atomic mass is 16.5. The molecule has 7 heteroatoms. The molecule has 1 aliphatic heterocycles. The standard InChI is InChI=1S/C27H34N4O3/c1-19-11-12-22-21(17-19)23(29-13-7-8-14-29)24-25(32)31(15-16-34-3)27(2,18-30(22)24)26(33)28-20-9-5-4-6-10-20/h7-8,11-14,17,20H,4-6,9-10,15-16,18H2,1-3H3,(H,28,33)/t27-/m0/s1. The minimum absolute atomic E-state index is 0.0778. The zero-order chi connectivity index (χ0) is 23.9. The maximum atomic E-state index is 14.2. The summed E-state index contributed by atoms with van der Waals surface area (Å²) in [5, 5.41) is 4.30. The Balaban J connectivity index is 1.64. The van der Waals surface area contributed by atoms with Crippen LogP contribution in [-0.2, 0) is 16.1 Å². The molecule has 1 aliphatic carbocycles. The number of nitrogens with one attached hydrogen (secondary N) is 1. The number of amides is 2. The van der Waals surface area contributed by atoms with E-state index in [0.717, 1.165) is 47.8 Å². The summed E-state index contributed by atoms with van der Waals surface area (Å²) in [6, 6.07) is 10.4. The third-order valence-electron chi connectivity index (χ3n) is 7.51. The lowest BCUT2D eigenvalue weighted by Gasteiger charge is -2.45. The quantitative estimate of drug-likeness (QED) is 0.601. The first-order valence-electron chi connectivity index (χ1n) is 12.3. The van der Waals surface area contributed by atoms with Crippen molar-refractivity contribution in [1.82, 2.24) is 19.4 Å². The van der Waals surface area contributed by atoms with Gasteiger partial charge in [-0.25, -0.2) is 0 Å². The molecule has 0 radical (unpaired) electrons. The molecule has 2 aromatic heterocycles. The maximum absolute atomic E-state index is 14.2. The van der Waals surface area contributed by atoms with Crippen molar-refractivity contribution in [3.05, 3.63) is 54.0 Å². The molecule has 0 saturated heterocycles. The highest BCUT2D eigenvalue weighted by Crippen LogP contribution is 2.38. The van der Waals surface area contributed by atoms with E-state index in [2.05, 4.69) is 35.0 Å². The average Bonchev–Trinajstić information content (AvgIpc) is 3.45. The first kappa shape index (κ1) is 22.7. The molecule has 1 saturated carbocycles. The number of carbonyl (C=O) groups excluding carboxylic acids is 2. The van der Waals surface area contributed by atoms with E-state index in [-0.39, 0.29) is 17.9 Å². The molecule has 7 nitrogen and oxygen atoms in total. The number of nitrogens with zero attached hydrogens (tertiary/aromatic N) is 3. The zero-order valence-electron chi connectivity index (χ0n) is 20.3. The predicted octanol–water partition coefficient (Wildman–Crippen LogP) is 4.05. The zero-order valence-corrected chi connectivity index (χ0v) is 20.3. The lowest BCUT2D eigenvalue weighted by atomic mass is 9.91. The number of hydrogen-bond acceptors (Lipinski definition) is 3. The van der Waals surface area contributed by atoms with E-state index in [9.17, 15) is 9.59 Å². The van der Waals surface area contributed by atoms with Gasteiger partial charge in [-0.15, -0.1) is 0 Å². The molecule has 3 heterocycles. The Morgan fingerprint density at radius 3 is 2.62 bits per heavy atom. The van der Waals surface area contributed by atoms with Gasteiger partial charge >= 0.3 is 0 Å². The Bertz CT molecular complexity index is 1210. The molecule has 2 aliphatic rings. The SMILES string of the molecule is COCCN1C(=O)c2c(-n3cccc3)c3cc(C)ccc3n2C[C@@]1(C)C(=O)NC1CCCCC1. The molecule has 0 bridgehead atoms. The fourth-order valence-corrected chi connectivity index (χ4v) is 5.63. The maximum Gasteiger partial charge on any atom is 0.273 e. The van der Waals surface area contributed by atoms with Gasteiger partial charge < -0.3 is 24.1 Å². The van der Waals surface area contributed by atoms with E-state index in [1.54, 1.807) is 12.0 Å². The fourth-order valence-electron chi connectivity index (χ4n) is 5.63. The van der Waals surface area contributed by atoms with E-state index < -0.39 is 5.54 Å². The van der Waals surface area contributed by atoms with Gasteiger partial charge in [-0.05, 0) is 51.0 Å². The van der Waals surface area contributed by atoms with Gasteiger partial charge in [0.25, 0.3) is 5.91 Å². The van der Waals surface area contributed by atoms with Crippen molar-refractivity contribution in [2.24, 2.45) is 0 Å². The topological polar surface area (TPSA) is 68.5 Å². The Hall–Kier alpha value is -3.06. The highest BCUT2D eigenvalue weighted by molar-refractivity contribution is 6.09. The number of aryl methyl sites for hydroxylation is 1. The summed E-state index contributed by atoms with van der Waals surface area (Å²) in [6.07, 6.45) is 9.44. The van der Waals surface area contributed by atoms with Crippen LogP contribution >= 0.6 is 0 Å². The molecule has 1 atom stereocenters. The second kappa shape index (κ2) is 8.95. The first-order valence-corrected chi connectivity index (χ1v) is 12.3. The van der Waals surface area contributed by atoms with Gasteiger partial charge in [-0.3, -0.25) is 9.59 Å². The van der Waals surface area contributed by atoms with Gasteiger partial charge in [0.1, 0.15) is 11.2 Å². The Morgan fingerprint density at radius 2 is 1.91 bits per heavy atom. The van der Waals surface area contributed by atoms with Crippen molar-refractivity contribution in [2.45, 2.75) is 64.1 Å². The third-order valence-corrected chi connectivity index (χ3v) is 7.51. The van der Waals surface area contributed by atoms with Crippen molar-refractivity contribution in [2.75, 3.05) is 20.3 Å². The summed E-state index contributed by atoms with van der Waals surface area (Å²) in [4.78, 5) is 29.7. The third kappa shape index (κ3) is 3.72. The van der Waals surface area contributed by atoms with Gasteiger partial charge in [0.05, 0.1) is 24.4 Å². The van der Waals surface area contributed by atoms with Gasteiger partial charge in [-0.1, -0.05) is 30.9 Å². The van der Waals surface area contributed by atoms with Crippen molar-refractivity contribution in [1.29, 1.82) is 0 Å². The summed E-state index contributed by atoms with van der Waals surface area (Å²) in [5.74, 6) is -0.215. The molecule has 0 spiro atoms. The minimum Gasteiger partial charge on any atom is -0.383 e. The number of ether oxygens (including phenoxy) is 1. The van der Waals surface area contributed by atoms with Crippen LogP contribution in [0.1, 0.15) is 55.1 Å². The lowest BCUT2D eigenvalue weighted by Crippen LogP contribution is -2.65. The molecular weight excluding hydrogens is 428 g/mol. The van der Waals surface area contributed by atoms with Crippen LogP contribution in [0.25, 0.3) is 16.6 Å². The molecule has 1 aromatic carbocycles. The smallest absolute Gasteiger partial charge is 0.273 e. The highest BCUT2D eigenvalue weighted by Gasteiger charge is 2.49. The van der Waals surface area contributed by atoms with Crippen LogP contribution < -0.4 is 5.32 Å². The van der Waals surface area contributed by atoms with Gasteiger partial charge in [-0.2, -0.15) is 0 Å². The lowest BCUT2D eigenvalue weighted by molar-refractivity contribution is -0.134. The monoisotopic (exact) mass is 462 g/mol. The van der Waals surface area contributed by atoms with Crippen LogP contribution in [-0.4, -0.2) is 57.7 Å². The van der Waals surface area contributed by atoms with Crippen LogP contribution in [0, 0.1) is 6.92 Å². The largest absolute Gasteiger partial charge is 0.383 e. The Labute approximate surface area is 200 Å². The predicted molar refractivity (Wildman–Crippen MR) is 132 cm³/mol. The number of fused-ring (bicyclic) bond motifs is 3. The van der Waals surface area contributed by atoms with Crippen LogP contribution in [0.5, 0.6) is 0 Å². The first-order chi connectivity index (χ1) is 16.4. The van der Waals surface area contributed by atoms with E-state index in [1.807, 2.05) is 36.0 Å². The molecule has 5 rings (SSSR count). The molecule has 1 fully saturated rings. The minimum atomic E-state index is -1.01. The summed E-state index contributed by atoms with van der Waals surface area (Å²) < 4.78 is 9.40. The molecule has 34 heavy (non-hydrogen) atoms. The van der Waals surface area contributed by atoms with Crippen LogP contribution in [0.2, 0.25) is 0 Å². The van der Waals surface area contributed by atoms with Crippen LogP contribution in [0.3, 0.4) is 0 Å². The van der Waals surface area contributed by atoms with Crippen molar-refractivity contribution < 1.29 is 14.3 Å². The van der Waals surface area contributed by atoms with Gasteiger partial charge in [0.2, 0.25) is 5.91 Å². The summed E-state index contributed by atoms with van der Waals surface area (Å²) in [5.41, 5.74) is 2.58. The number of methoxy groups -OCH3 is 1. The number of benzene rings is 1.